The monoisotopic (exact) mass is 455 g/mol. The van der Waals surface area contributed by atoms with Crippen molar-refractivity contribution in [3.05, 3.63) is 64.4 Å². The van der Waals surface area contributed by atoms with E-state index in [1.165, 1.54) is 14.7 Å². The minimum Gasteiger partial charge on any atom is -0.339 e. The van der Waals surface area contributed by atoms with Crippen molar-refractivity contribution in [3.63, 3.8) is 0 Å². The average molecular weight is 456 g/mol. The smallest absolute Gasteiger partial charge is 0.243 e. The molecule has 0 aliphatic carbocycles. The van der Waals surface area contributed by atoms with Crippen molar-refractivity contribution in [2.24, 2.45) is 0 Å². The van der Waals surface area contributed by atoms with Gasteiger partial charge in [0.25, 0.3) is 0 Å². The van der Waals surface area contributed by atoms with Gasteiger partial charge < -0.3 is 4.90 Å². The number of piperazine rings is 1. The number of hydrogen-bond acceptors (Lipinski definition) is 5. The van der Waals surface area contributed by atoms with Crippen LogP contribution in [0.15, 0.2) is 58.8 Å². The molecule has 2 aliphatic heterocycles. The Hall–Kier alpha value is -2.26. The molecule has 1 saturated heterocycles. The fourth-order valence-corrected chi connectivity index (χ4v) is 6.74. The summed E-state index contributed by atoms with van der Waals surface area (Å²) in [7, 11) is -3.57. The van der Waals surface area contributed by atoms with Crippen molar-refractivity contribution in [3.8, 4) is 0 Å². The Morgan fingerprint density at radius 2 is 1.71 bits per heavy atom. The number of hydrogen-bond donors (Lipinski definition) is 0. The largest absolute Gasteiger partial charge is 0.339 e. The third kappa shape index (κ3) is 4.13. The summed E-state index contributed by atoms with van der Waals surface area (Å²) in [5.41, 5.74) is 1.33. The van der Waals surface area contributed by atoms with Gasteiger partial charge in [0.1, 0.15) is 0 Å². The van der Waals surface area contributed by atoms with E-state index < -0.39 is 10.0 Å². The molecule has 0 atom stereocenters. The molecule has 1 aromatic heterocycles. The Kier molecular flexibility index (Phi) is 5.56. The van der Waals surface area contributed by atoms with Gasteiger partial charge in [-0.1, -0.05) is 30.3 Å². The maximum atomic E-state index is 13.1. The van der Waals surface area contributed by atoms with Crippen LogP contribution in [0.2, 0.25) is 0 Å². The normalized spacial score (nSPS) is 18.3. The van der Waals surface area contributed by atoms with Gasteiger partial charge in [0, 0.05) is 44.1 Å². The number of amides is 1. The van der Waals surface area contributed by atoms with Crippen LogP contribution >= 0.6 is 11.3 Å². The molecule has 6 nitrogen and oxygen atoms in total. The molecule has 5 rings (SSSR count). The number of nitrogens with zero attached hydrogens (tertiary/aromatic N) is 3. The van der Waals surface area contributed by atoms with Gasteiger partial charge >= 0.3 is 0 Å². The van der Waals surface area contributed by atoms with Crippen molar-refractivity contribution >= 4 is 38.0 Å². The van der Waals surface area contributed by atoms with Gasteiger partial charge in [0.2, 0.25) is 15.9 Å². The van der Waals surface area contributed by atoms with Gasteiger partial charge in [-0.15, -0.1) is 11.3 Å². The maximum Gasteiger partial charge on any atom is 0.243 e. The summed E-state index contributed by atoms with van der Waals surface area (Å²) < 4.78 is 27.8. The Bertz CT molecular complexity index is 1210. The van der Waals surface area contributed by atoms with Gasteiger partial charge in [0.15, 0.2) is 0 Å². The second-order valence-electron chi connectivity index (χ2n) is 8.12. The number of sulfonamides is 1. The van der Waals surface area contributed by atoms with Crippen LogP contribution in [0.4, 0.5) is 0 Å². The van der Waals surface area contributed by atoms with Crippen LogP contribution in [0.25, 0.3) is 10.8 Å². The molecule has 0 spiro atoms. The highest BCUT2D eigenvalue weighted by Crippen LogP contribution is 2.25. The molecule has 2 aromatic carbocycles. The molecule has 3 aromatic rings. The molecule has 0 bridgehead atoms. The topological polar surface area (TPSA) is 60.9 Å². The first-order valence-corrected chi connectivity index (χ1v) is 12.9. The molecule has 8 heteroatoms. The van der Waals surface area contributed by atoms with Crippen LogP contribution in [-0.2, 0) is 27.8 Å². The SMILES string of the molecule is O=C(CN1CCc2sccc2C1)N1CCN(S(=O)(=O)c2ccc3ccccc3c2)CC1. The van der Waals surface area contributed by atoms with Crippen LogP contribution in [0.1, 0.15) is 10.4 Å². The number of benzene rings is 2. The standard InChI is InChI=1S/C23H25N3O3S2/c27-23(17-24-9-7-22-20(16-24)8-14-30-22)25-10-12-26(13-11-25)31(28,29)21-6-5-18-3-1-2-4-19(18)15-21/h1-6,8,14-15H,7,9-13,16-17H2. The third-order valence-corrected chi connectivity index (χ3v) is 9.11. The Balaban J connectivity index is 1.21. The molecule has 0 radical (unpaired) electrons. The Morgan fingerprint density at radius 1 is 0.935 bits per heavy atom. The van der Waals surface area contributed by atoms with Crippen molar-refractivity contribution in [2.45, 2.75) is 17.9 Å². The zero-order chi connectivity index (χ0) is 21.4. The minimum absolute atomic E-state index is 0.0847. The predicted octanol–water partition coefficient (Wildman–Crippen LogP) is 2.79. The minimum atomic E-state index is -3.57. The average Bonchev–Trinajstić information content (AvgIpc) is 3.27. The van der Waals surface area contributed by atoms with Crippen LogP contribution in [0.5, 0.6) is 0 Å². The molecule has 1 fully saturated rings. The lowest BCUT2D eigenvalue weighted by Gasteiger charge is -2.35. The van der Waals surface area contributed by atoms with Crippen LogP contribution in [0.3, 0.4) is 0 Å². The summed E-state index contributed by atoms with van der Waals surface area (Å²) >= 11 is 1.79. The number of carbonyl (C=O) groups is 1. The van der Waals surface area contributed by atoms with E-state index in [0.717, 1.165) is 30.3 Å². The van der Waals surface area contributed by atoms with Gasteiger partial charge in [-0.2, -0.15) is 4.31 Å². The first-order chi connectivity index (χ1) is 15.0. The fourth-order valence-electron chi connectivity index (χ4n) is 4.39. The summed E-state index contributed by atoms with van der Waals surface area (Å²) in [6.07, 6.45) is 0.998. The molecule has 3 heterocycles. The zero-order valence-electron chi connectivity index (χ0n) is 17.2. The van der Waals surface area contributed by atoms with Gasteiger partial charge in [-0.3, -0.25) is 9.69 Å². The third-order valence-electron chi connectivity index (χ3n) is 6.20. The van der Waals surface area contributed by atoms with E-state index in [1.807, 2.05) is 30.3 Å². The first kappa shape index (κ1) is 20.6. The quantitative estimate of drug-likeness (QED) is 0.607. The van der Waals surface area contributed by atoms with Crippen molar-refractivity contribution in [2.75, 3.05) is 39.3 Å². The van der Waals surface area contributed by atoms with E-state index >= 15 is 0 Å². The van der Waals surface area contributed by atoms with Crippen molar-refractivity contribution in [1.82, 2.24) is 14.1 Å². The maximum absolute atomic E-state index is 13.1. The highest BCUT2D eigenvalue weighted by Gasteiger charge is 2.31. The lowest BCUT2D eigenvalue weighted by molar-refractivity contribution is -0.133. The second kappa shape index (κ2) is 8.35. The number of fused-ring (bicyclic) bond motifs is 2. The number of carbonyl (C=O) groups excluding carboxylic acids is 1. The molecule has 2 aliphatic rings. The summed E-state index contributed by atoms with van der Waals surface area (Å²) in [5, 5.41) is 4.04. The molecule has 0 N–H and O–H groups in total. The van der Waals surface area contributed by atoms with E-state index in [4.69, 9.17) is 0 Å². The van der Waals surface area contributed by atoms with Gasteiger partial charge in [-0.05, 0) is 46.3 Å². The predicted molar refractivity (Wildman–Crippen MR) is 123 cm³/mol. The van der Waals surface area contributed by atoms with E-state index in [9.17, 15) is 13.2 Å². The van der Waals surface area contributed by atoms with Crippen LogP contribution in [0, 0.1) is 0 Å². The molecule has 0 saturated carbocycles. The molecule has 1 amide bonds. The lowest BCUT2D eigenvalue weighted by Crippen LogP contribution is -2.52. The summed E-state index contributed by atoms with van der Waals surface area (Å²) in [4.78, 5) is 18.5. The van der Waals surface area contributed by atoms with Crippen LogP contribution < -0.4 is 0 Å². The summed E-state index contributed by atoms with van der Waals surface area (Å²) in [5.74, 6) is 0.0847. The van der Waals surface area contributed by atoms with Gasteiger partial charge in [0.05, 0.1) is 11.4 Å². The fraction of sp³-hybridized carbons (Fsp3) is 0.348. The second-order valence-corrected chi connectivity index (χ2v) is 11.1. The van der Waals surface area contributed by atoms with E-state index in [2.05, 4.69) is 16.3 Å². The molecule has 0 unspecified atom stereocenters. The van der Waals surface area contributed by atoms with E-state index in [-0.39, 0.29) is 5.91 Å². The highest BCUT2D eigenvalue weighted by atomic mass is 32.2. The van der Waals surface area contributed by atoms with E-state index in [1.54, 1.807) is 28.4 Å². The molecular formula is C23H25N3O3S2. The van der Waals surface area contributed by atoms with E-state index in [0.29, 0.717) is 37.6 Å². The highest BCUT2D eigenvalue weighted by molar-refractivity contribution is 7.89. The summed E-state index contributed by atoms with van der Waals surface area (Å²) in [6, 6.07) is 15.1. The van der Waals surface area contributed by atoms with Crippen molar-refractivity contribution in [1.29, 1.82) is 0 Å². The lowest BCUT2D eigenvalue weighted by atomic mass is 10.1. The Labute approximate surface area is 186 Å². The first-order valence-electron chi connectivity index (χ1n) is 10.5. The molecular weight excluding hydrogens is 430 g/mol. The Morgan fingerprint density at radius 3 is 2.52 bits per heavy atom. The zero-order valence-corrected chi connectivity index (χ0v) is 18.9. The summed E-state index contributed by atoms with van der Waals surface area (Å²) in [6.45, 7) is 3.64. The number of rotatable bonds is 4. The number of thiophene rings is 1. The van der Waals surface area contributed by atoms with Gasteiger partial charge in [-0.25, -0.2) is 8.42 Å². The molecule has 162 valence electrons. The molecule has 31 heavy (non-hydrogen) atoms. The van der Waals surface area contributed by atoms with Crippen LogP contribution in [-0.4, -0.2) is 67.7 Å². The van der Waals surface area contributed by atoms with Crippen molar-refractivity contribution < 1.29 is 13.2 Å².